The molecule has 15 heteroatoms. The summed E-state index contributed by atoms with van der Waals surface area (Å²) >= 11 is 0. The fourth-order valence-corrected chi connectivity index (χ4v) is 8.51. The predicted molar refractivity (Wildman–Crippen MR) is 248 cm³/mol. The average Bonchev–Trinajstić information content (AvgIpc) is 3.30. The molecule has 2 rings (SSSR count). The molecule has 0 amide bonds. The Bertz CT molecular complexity index is 1150. The Morgan fingerprint density at radius 2 is 0.785 bits per heavy atom. The van der Waals surface area contributed by atoms with Gasteiger partial charge in [0.1, 0.15) is 55.4 Å². The van der Waals surface area contributed by atoms with E-state index in [0.29, 0.717) is 12.8 Å². The van der Waals surface area contributed by atoms with Crippen LogP contribution in [0.1, 0.15) is 213 Å². The van der Waals surface area contributed by atoms with Crippen LogP contribution in [0.4, 0.5) is 0 Å². The molecule has 2 saturated heterocycles. The van der Waals surface area contributed by atoms with E-state index in [2.05, 4.69) is 13.8 Å². The highest BCUT2D eigenvalue weighted by Crippen LogP contribution is 2.27. The van der Waals surface area contributed by atoms with Gasteiger partial charge in [0, 0.05) is 12.8 Å². The quantitative estimate of drug-likeness (QED) is 0.0237. The van der Waals surface area contributed by atoms with E-state index in [9.17, 15) is 45.3 Å². The normalized spacial score (nSPS) is 26.3. The lowest BCUT2D eigenvalue weighted by atomic mass is 9.98. The standard InChI is InChI=1S/C50H94O15/c1-3-5-7-9-11-13-14-15-16-17-18-19-20-21-22-23-25-27-29-31-33-42(53)63-38(35-60-41(52)32-30-28-26-24-12-10-8-6-4-2)36-61-49-48(59)46(57)44(55)40(65-49)37-62-50-47(58)45(56)43(54)39(34-51)64-50/h38-40,43-51,54-59H,3-37H2,1-2H3. The van der Waals surface area contributed by atoms with E-state index in [4.69, 9.17) is 28.4 Å². The number of ether oxygens (including phenoxy) is 6. The molecule has 0 spiro atoms. The third kappa shape index (κ3) is 26.7. The smallest absolute Gasteiger partial charge is 0.306 e. The summed E-state index contributed by atoms with van der Waals surface area (Å²) in [6.07, 6.45) is 18.6. The summed E-state index contributed by atoms with van der Waals surface area (Å²) in [5.74, 6) is -0.914. The van der Waals surface area contributed by atoms with Gasteiger partial charge in [0.05, 0.1) is 19.8 Å². The lowest BCUT2D eigenvalue weighted by molar-refractivity contribution is -0.332. The van der Waals surface area contributed by atoms with Crippen molar-refractivity contribution < 1.29 is 73.8 Å². The molecule has 2 aliphatic rings. The molecule has 0 aromatic heterocycles. The highest BCUT2D eigenvalue weighted by atomic mass is 16.7. The predicted octanol–water partition coefficient (Wildman–Crippen LogP) is 7.22. The topological polar surface area (TPSA) is 231 Å². The van der Waals surface area contributed by atoms with Crippen molar-refractivity contribution in [1.29, 1.82) is 0 Å². The van der Waals surface area contributed by atoms with Crippen LogP contribution < -0.4 is 0 Å². The molecule has 0 aliphatic carbocycles. The molecule has 0 saturated carbocycles. The van der Waals surface area contributed by atoms with Gasteiger partial charge in [0.2, 0.25) is 0 Å². The van der Waals surface area contributed by atoms with Crippen LogP contribution in [0.25, 0.3) is 0 Å². The van der Waals surface area contributed by atoms with Crippen molar-refractivity contribution in [3.05, 3.63) is 0 Å². The zero-order valence-corrected chi connectivity index (χ0v) is 40.5. The molecule has 11 atom stereocenters. The van der Waals surface area contributed by atoms with Crippen LogP contribution in [0.5, 0.6) is 0 Å². The molecule has 0 bridgehead atoms. The summed E-state index contributed by atoms with van der Waals surface area (Å²) in [6.45, 7) is 2.60. The van der Waals surface area contributed by atoms with Crippen LogP contribution in [0.3, 0.4) is 0 Å². The lowest BCUT2D eigenvalue weighted by Gasteiger charge is -2.42. The van der Waals surface area contributed by atoms with Crippen molar-refractivity contribution in [2.45, 2.75) is 280 Å². The van der Waals surface area contributed by atoms with Crippen molar-refractivity contribution in [1.82, 2.24) is 0 Å². The maximum Gasteiger partial charge on any atom is 0.306 e. The van der Waals surface area contributed by atoms with Gasteiger partial charge in [0.15, 0.2) is 18.7 Å². The van der Waals surface area contributed by atoms with E-state index >= 15 is 0 Å². The second-order valence-electron chi connectivity index (χ2n) is 18.7. The molecule has 2 aliphatic heterocycles. The molecule has 384 valence electrons. The Hall–Kier alpha value is -1.50. The fourth-order valence-electron chi connectivity index (χ4n) is 8.51. The van der Waals surface area contributed by atoms with Gasteiger partial charge in [-0.25, -0.2) is 0 Å². The molecular weight excluding hydrogens is 841 g/mol. The monoisotopic (exact) mass is 935 g/mol. The van der Waals surface area contributed by atoms with Crippen molar-refractivity contribution >= 4 is 11.9 Å². The highest BCUT2D eigenvalue weighted by molar-refractivity contribution is 5.70. The van der Waals surface area contributed by atoms with Gasteiger partial charge in [-0.05, 0) is 12.8 Å². The largest absolute Gasteiger partial charge is 0.462 e. The van der Waals surface area contributed by atoms with Gasteiger partial charge in [0.25, 0.3) is 0 Å². The molecule has 11 unspecified atom stereocenters. The summed E-state index contributed by atoms with van der Waals surface area (Å²) in [5.41, 5.74) is 0. The highest BCUT2D eigenvalue weighted by Gasteiger charge is 2.47. The first-order chi connectivity index (χ1) is 31.5. The number of esters is 2. The molecule has 0 aromatic carbocycles. The van der Waals surface area contributed by atoms with Crippen LogP contribution in [-0.2, 0) is 38.0 Å². The van der Waals surface area contributed by atoms with E-state index in [0.717, 1.165) is 38.5 Å². The Kier molecular flexibility index (Phi) is 35.2. The average molecular weight is 935 g/mol. The number of aliphatic hydroxyl groups is 7. The Balaban J connectivity index is 1.75. The van der Waals surface area contributed by atoms with E-state index in [1.54, 1.807) is 0 Å². The van der Waals surface area contributed by atoms with Crippen LogP contribution in [0.15, 0.2) is 0 Å². The molecule has 0 aromatic rings. The number of carbonyl (C=O) groups is 2. The Morgan fingerprint density at radius 3 is 1.20 bits per heavy atom. The Labute approximate surface area is 391 Å². The zero-order valence-electron chi connectivity index (χ0n) is 40.5. The van der Waals surface area contributed by atoms with E-state index < -0.39 is 92.7 Å². The number of carbonyl (C=O) groups excluding carboxylic acids is 2. The molecule has 2 heterocycles. The maximum absolute atomic E-state index is 13.0. The first-order valence-corrected chi connectivity index (χ1v) is 26.1. The van der Waals surface area contributed by atoms with Crippen LogP contribution in [0.2, 0.25) is 0 Å². The van der Waals surface area contributed by atoms with Gasteiger partial charge in [-0.2, -0.15) is 0 Å². The number of rotatable bonds is 41. The van der Waals surface area contributed by atoms with Crippen LogP contribution in [0, 0.1) is 0 Å². The molecule has 0 radical (unpaired) electrons. The summed E-state index contributed by atoms with van der Waals surface area (Å²) in [7, 11) is 0. The number of aliphatic hydroxyl groups excluding tert-OH is 7. The van der Waals surface area contributed by atoms with Crippen LogP contribution in [-0.4, -0.2) is 142 Å². The van der Waals surface area contributed by atoms with Crippen molar-refractivity contribution in [2.75, 3.05) is 26.4 Å². The number of hydrogen-bond donors (Lipinski definition) is 7. The third-order valence-electron chi connectivity index (χ3n) is 12.8. The second-order valence-corrected chi connectivity index (χ2v) is 18.7. The molecule has 7 N–H and O–H groups in total. The zero-order chi connectivity index (χ0) is 47.5. The maximum atomic E-state index is 13.0. The van der Waals surface area contributed by atoms with E-state index in [1.807, 2.05) is 0 Å². The summed E-state index contributed by atoms with van der Waals surface area (Å²) in [4.78, 5) is 25.7. The number of hydrogen-bond acceptors (Lipinski definition) is 15. The minimum atomic E-state index is -1.76. The third-order valence-corrected chi connectivity index (χ3v) is 12.8. The van der Waals surface area contributed by atoms with Gasteiger partial charge in [-0.3, -0.25) is 9.59 Å². The summed E-state index contributed by atoms with van der Waals surface area (Å²) in [5, 5.41) is 72.0. The van der Waals surface area contributed by atoms with Gasteiger partial charge in [-0.1, -0.05) is 187 Å². The van der Waals surface area contributed by atoms with E-state index in [-0.39, 0.29) is 26.1 Å². The van der Waals surface area contributed by atoms with Crippen LogP contribution >= 0.6 is 0 Å². The first kappa shape index (κ1) is 59.6. The SMILES string of the molecule is CCCCCCCCCCCCCCCCCCCCCCC(=O)OC(COC(=O)CCCCCCCCCCC)COC1OC(COC2OC(CO)C(O)C(O)C2O)C(O)C(O)C1O. The van der Waals surface area contributed by atoms with Gasteiger partial charge >= 0.3 is 11.9 Å². The number of unbranched alkanes of at least 4 members (excludes halogenated alkanes) is 27. The first-order valence-electron chi connectivity index (χ1n) is 26.1. The van der Waals surface area contributed by atoms with E-state index in [1.165, 1.54) is 135 Å². The molecule has 15 nitrogen and oxygen atoms in total. The second kappa shape index (κ2) is 38.4. The Morgan fingerprint density at radius 1 is 0.431 bits per heavy atom. The molecular formula is C50H94O15. The summed E-state index contributed by atoms with van der Waals surface area (Å²) in [6, 6.07) is 0. The summed E-state index contributed by atoms with van der Waals surface area (Å²) < 4.78 is 33.5. The minimum absolute atomic E-state index is 0.173. The van der Waals surface area contributed by atoms with Crippen molar-refractivity contribution in [3.8, 4) is 0 Å². The fraction of sp³-hybridized carbons (Fsp3) is 0.960. The van der Waals surface area contributed by atoms with Gasteiger partial charge < -0.3 is 64.2 Å². The lowest BCUT2D eigenvalue weighted by Crippen LogP contribution is -2.61. The minimum Gasteiger partial charge on any atom is -0.462 e. The molecule has 65 heavy (non-hydrogen) atoms. The van der Waals surface area contributed by atoms with Crippen molar-refractivity contribution in [2.24, 2.45) is 0 Å². The van der Waals surface area contributed by atoms with Crippen molar-refractivity contribution in [3.63, 3.8) is 0 Å². The molecule has 2 fully saturated rings. The van der Waals surface area contributed by atoms with Gasteiger partial charge in [-0.15, -0.1) is 0 Å².